The highest BCUT2D eigenvalue weighted by atomic mass is 19.1. The molecule has 7 heteroatoms. The Bertz CT molecular complexity index is 850. The zero-order valence-electron chi connectivity index (χ0n) is 13.0. The molecule has 126 valence electrons. The molecule has 5 nitrogen and oxygen atoms in total. The van der Waals surface area contributed by atoms with Gasteiger partial charge in [0.2, 0.25) is 0 Å². The van der Waals surface area contributed by atoms with Gasteiger partial charge >= 0.3 is 0 Å². The van der Waals surface area contributed by atoms with E-state index in [4.69, 9.17) is 0 Å². The highest BCUT2D eigenvalue weighted by Gasteiger charge is 2.10. The maximum Gasteiger partial charge on any atom is 0.270 e. The second kappa shape index (κ2) is 7.48. The van der Waals surface area contributed by atoms with Gasteiger partial charge in [-0.3, -0.25) is 9.78 Å². The van der Waals surface area contributed by atoms with Crippen molar-refractivity contribution in [2.24, 2.45) is 0 Å². The molecule has 3 rings (SSSR count). The van der Waals surface area contributed by atoms with E-state index in [1.807, 2.05) is 0 Å². The lowest BCUT2D eigenvalue weighted by Crippen LogP contribution is -2.23. The number of hydrogen-bond donors (Lipinski definition) is 2. The molecule has 0 atom stereocenters. The first kappa shape index (κ1) is 16.5. The van der Waals surface area contributed by atoms with Gasteiger partial charge < -0.3 is 10.6 Å². The highest BCUT2D eigenvalue weighted by Crippen LogP contribution is 2.22. The summed E-state index contributed by atoms with van der Waals surface area (Å²) in [6, 6.07) is 10.2. The van der Waals surface area contributed by atoms with Gasteiger partial charge in [-0.05, 0) is 42.0 Å². The van der Waals surface area contributed by atoms with Crippen molar-refractivity contribution < 1.29 is 13.6 Å². The van der Waals surface area contributed by atoms with Crippen molar-refractivity contribution in [1.82, 2.24) is 15.3 Å². The van der Waals surface area contributed by atoms with E-state index < -0.39 is 11.6 Å². The number of benzene rings is 1. The quantitative estimate of drug-likeness (QED) is 0.747. The molecule has 2 heterocycles. The SMILES string of the molecule is O=C(NCc1ccncc1)c1ccc(Nc2c(F)cccc2F)cn1. The minimum Gasteiger partial charge on any atom is -0.349 e. The van der Waals surface area contributed by atoms with Gasteiger partial charge in [0.05, 0.1) is 11.9 Å². The van der Waals surface area contributed by atoms with Crippen LogP contribution in [0.4, 0.5) is 20.2 Å². The zero-order valence-corrected chi connectivity index (χ0v) is 13.0. The van der Waals surface area contributed by atoms with Crippen LogP contribution in [-0.2, 0) is 6.54 Å². The van der Waals surface area contributed by atoms with Crippen molar-refractivity contribution >= 4 is 17.3 Å². The summed E-state index contributed by atoms with van der Waals surface area (Å²) in [6.07, 6.45) is 4.62. The number of nitrogens with one attached hydrogen (secondary N) is 2. The summed E-state index contributed by atoms with van der Waals surface area (Å²) in [4.78, 5) is 20.0. The lowest BCUT2D eigenvalue weighted by molar-refractivity contribution is 0.0946. The number of carbonyl (C=O) groups excluding carboxylic acids is 1. The molecule has 0 unspecified atom stereocenters. The maximum absolute atomic E-state index is 13.6. The molecule has 0 aliphatic rings. The first-order valence-corrected chi connectivity index (χ1v) is 7.47. The summed E-state index contributed by atoms with van der Waals surface area (Å²) in [6.45, 7) is 0.351. The average molecular weight is 340 g/mol. The van der Waals surface area contributed by atoms with Crippen LogP contribution in [0.25, 0.3) is 0 Å². The van der Waals surface area contributed by atoms with E-state index >= 15 is 0 Å². The van der Waals surface area contributed by atoms with Crippen LogP contribution in [0.15, 0.2) is 61.1 Å². The fourth-order valence-corrected chi connectivity index (χ4v) is 2.14. The first-order chi connectivity index (χ1) is 12.1. The van der Waals surface area contributed by atoms with Crippen LogP contribution in [0.3, 0.4) is 0 Å². The Balaban J connectivity index is 1.64. The van der Waals surface area contributed by atoms with Gasteiger partial charge in [-0.2, -0.15) is 0 Å². The molecule has 0 aliphatic carbocycles. The molecule has 1 aromatic carbocycles. The fourth-order valence-electron chi connectivity index (χ4n) is 2.14. The normalized spacial score (nSPS) is 10.3. The number of rotatable bonds is 5. The van der Waals surface area contributed by atoms with Crippen molar-refractivity contribution in [3.63, 3.8) is 0 Å². The van der Waals surface area contributed by atoms with E-state index in [0.717, 1.165) is 17.7 Å². The first-order valence-electron chi connectivity index (χ1n) is 7.47. The van der Waals surface area contributed by atoms with Crippen LogP contribution < -0.4 is 10.6 Å². The summed E-state index contributed by atoms with van der Waals surface area (Å²) in [5, 5.41) is 5.35. The number of halogens is 2. The van der Waals surface area contributed by atoms with E-state index in [2.05, 4.69) is 20.6 Å². The molecule has 25 heavy (non-hydrogen) atoms. The summed E-state index contributed by atoms with van der Waals surface area (Å²) in [7, 11) is 0. The minimum absolute atomic E-state index is 0.202. The molecule has 0 saturated carbocycles. The second-order valence-electron chi connectivity index (χ2n) is 5.19. The van der Waals surface area contributed by atoms with Gasteiger partial charge in [-0.15, -0.1) is 0 Å². The molecular formula is C18H14F2N4O. The Morgan fingerprint density at radius 1 is 1.00 bits per heavy atom. The standard InChI is InChI=1S/C18H14F2N4O/c19-14-2-1-3-15(20)17(14)24-13-4-5-16(22-11-13)18(25)23-10-12-6-8-21-9-7-12/h1-9,11,24H,10H2,(H,23,25). The highest BCUT2D eigenvalue weighted by molar-refractivity contribution is 5.92. The Morgan fingerprint density at radius 2 is 1.72 bits per heavy atom. The summed E-state index contributed by atoms with van der Waals surface area (Å²) in [5.74, 6) is -1.77. The number of nitrogens with zero attached hydrogens (tertiary/aromatic N) is 2. The van der Waals surface area contributed by atoms with Gasteiger partial charge in [-0.25, -0.2) is 13.8 Å². The predicted molar refractivity (Wildman–Crippen MR) is 89.3 cm³/mol. The molecule has 0 radical (unpaired) electrons. The Kier molecular flexibility index (Phi) is 4.94. The largest absolute Gasteiger partial charge is 0.349 e. The molecule has 0 aliphatic heterocycles. The number of carbonyl (C=O) groups is 1. The zero-order chi connectivity index (χ0) is 17.6. The maximum atomic E-state index is 13.6. The van der Waals surface area contributed by atoms with E-state index in [9.17, 15) is 13.6 Å². The molecule has 0 fully saturated rings. The van der Waals surface area contributed by atoms with E-state index in [1.54, 1.807) is 24.5 Å². The molecule has 2 aromatic heterocycles. The number of para-hydroxylation sites is 1. The lowest BCUT2D eigenvalue weighted by atomic mass is 10.2. The number of aromatic nitrogens is 2. The summed E-state index contributed by atoms with van der Waals surface area (Å²) in [5.41, 5.74) is 1.22. The molecule has 3 aromatic rings. The van der Waals surface area contributed by atoms with Crippen molar-refractivity contribution in [3.8, 4) is 0 Å². The Morgan fingerprint density at radius 3 is 2.36 bits per heavy atom. The van der Waals surface area contributed by atoms with Crippen molar-refractivity contribution in [3.05, 3.63) is 83.9 Å². The third-order valence-electron chi connectivity index (χ3n) is 3.43. The third-order valence-corrected chi connectivity index (χ3v) is 3.43. The van der Waals surface area contributed by atoms with Gasteiger partial charge in [0.15, 0.2) is 0 Å². The van der Waals surface area contributed by atoms with E-state index in [-0.39, 0.29) is 17.3 Å². The van der Waals surface area contributed by atoms with Gasteiger partial charge in [0.25, 0.3) is 5.91 Å². The predicted octanol–water partition coefficient (Wildman–Crippen LogP) is 3.43. The number of hydrogen-bond acceptors (Lipinski definition) is 4. The van der Waals surface area contributed by atoms with Gasteiger partial charge in [-0.1, -0.05) is 6.07 Å². The minimum atomic E-state index is -0.709. The number of amides is 1. The van der Waals surface area contributed by atoms with Crippen LogP contribution in [0, 0.1) is 11.6 Å². The number of pyridine rings is 2. The van der Waals surface area contributed by atoms with Crippen LogP contribution in [0.5, 0.6) is 0 Å². The fraction of sp³-hybridized carbons (Fsp3) is 0.0556. The second-order valence-corrected chi connectivity index (χ2v) is 5.19. The van der Waals surface area contributed by atoms with Crippen LogP contribution in [0.1, 0.15) is 16.1 Å². The van der Waals surface area contributed by atoms with Gasteiger partial charge in [0, 0.05) is 18.9 Å². The topological polar surface area (TPSA) is 66.9 Å². The molecular weight excluding hydrogens is 326 g/mol. The average Bonchev–Trinajstić information content (AvgIpc) is 2.64. The van der Waals surface area contributed by atoms with Crippen molar-refractivity contribution in [2.45, 2.75) is 6.54 Å². The monoisotopic (exact) mass is 340 g/mol. The molecule has 1 amide bonds. The lowest BCUT2D eigenvalue weighted by Gasteiger charge is -2.09. The smallest absolute Gasteiger partial charge is 0.270 e. The van der Waals surface area contributed by atoms with Crippen LogP contribution >= 0.6 is 0 Å². The van der Waals surface area contributed by atoms with Crippen molar-refractivity contribution in [1.29, 1.82) is 0 Å². The van der Waals surface area contributed by atoms with Crippen molar-refractivity contribution in [2.75, 3.05) is 5.32 Å². The molecule has 0 saturated heterocycles. The molecule has 0 spiro atoms. The molecule has 0 bridgehead atoms. The Hall–Kier alpha value is -3.35. The Labute approximate surface area is 142 Å². The summed E-state index contributed by atoms with van der Waals surface area (Å²) >= 11 is 0. The van der Waals surface area contributed by atoms with Crippen LogP contribution in [-0.4, -0.2) is 15.9 Å². The number of anilines is 2. The third kappa shape index (κ3) is 4.14. The summed E-state index contributed by atoms with van der Waals surface area (Å²) < 4.78 is 27.2. The van der Waals surface area contributed by atoms with Gasteiger partial charge in [0.1, 0.15) is 23.0 Å². The molecule has 2 N–H and O–H groups in total. The van der Waals surface area contributed by atoms with E-state index in [0.29, 0.717) is 12.2 Å². The van der Waals surface area contributed by atoms with E-state index in [1.165, 1.54) is 24.4 Å². The van der Waals surface area contributed by atoms with Crippen LogP contribution in [0.2, 0.25) is 0 Å².